The fourth-order valence-corrected chi connectivity index (χ4v) is 2.40. The molecule has 1 N–H and O–H groups in total. The van der Waals surface area contributed by atoms with E-state index in [2.05, 4.69) is 0 Å². The van der Waals surface area contributed by atoms with Crippen molar-refractivity contribution in [3.63, 3.8) is 0 Å². The molecule has 0 aliphatic carbocycles. The van der Waals surface area contributed by atoms with E-state index in [0.717, 1.165) is 18.9 Å². The van der Waals surface area contributed by atoms with Gasteiger partial charge in [0.2, 0.25) is 0 Å². The topological polar surface area (TPSA) is 66.6 Å². The summed E-state index contributed by atoms with van der Waals surface area (Å²) in [5.41, 5.74) is -0.0554. The van der Waals surface area contributed by atoms with E-state index < -0.39 is 10.7 Å². The second-order valence-electron chi connectivity index (χ2n) is 4.18. The largest absolute Gasteiger partial charge is 0.394 e. The van der Waals surface area contributed by atoms with Gasteiger partial charge in [-0.1, -0.05) is 11.6 Å². The van der Waals surface area contributed by atoms with Crippen LogP contribution in [0.4, 0.5) is 15.8 Å². The Labute approximate surface area is 108 Å². The standard InChI is InChI=1S/C11H12ClFN2O3/c12-8-4-10(11(15(17)18)5-9(8)13)14-3-1-2-7(14)6-16/h4-5,7,16H,1-3,6H2. The Morgan fingerprint density at radius 1 is 1.61 bits per heavy atom. The van der Waals surface area contributed by atoms with Crippen molar-refractivity contribution in [3.8, 4) is 0 Å². The minimum atomic E-state index is -0.813. The second kappa shape index (κ2) is 5.07. The molecule has 0 aromatic heterocycles. The van der Waals surface area contributed by atoms with Crippen molar-refractivity contribution >= 4 is 23.0 Å². The molecule has 1 unspecified atom stereocenters. The third-order valence-electron chi connectivity index (χ3n) is 3.11. The first-order valence-corrected chi connectivity index (χ1v) is 5.93. The third-order valence-corrected chi connectivity index (χ3v) is 3.40. The van der Waals surface area contributed by atoms with E-state index in [1.807, 2.05) is 0 Å². The van der Waals surface area contributed by atoms with E-state index in [-0.39, 0.29) is 29.0 Å². The van der Waals surface area contributed by atoms with Crippen LogP contribution in [0.15, 0.2) is 12.1 Å². The van der Waals surface area contributed by atoms with E-state index in [9.17, 15) is 19.6 Å². The highest BCUT2D eigenvalue weighted by atomic mass is 35.5. The number of benzene rings is 1. The summed E-state index contributed by atoms with van der Waals surface area (Å²) in [6.45, 7) is 0.500. The number of aliphatic hydroxyl groups is 1. The van der Waals surface area contributed by atoms with Crippen LogP contribution in [0.3, 0.4) is 0 Å². The summed E-state index contributed by atoms with van der Waals surface area (Å²) in [4.78, 5) is 12.0. The number of anilines is 1. The zero-order valence-corrected chi connectivity index (χ0v) is 10.2. The maximum atomic E-state index is 13.3. The van der Waals surface area contributed by atoms with Gasteiger partial charge in [-0.3, -0.25) is 10.1 Å². The second-order valence-corrected chi connectivity index (χ2v) is 4.59. The van der Waals surface area contributed by atoms with Gasteiger partial charge in [0.05, 0.1) is 28.7 Å². The van der Waals surface area contributed by atoms with Gasteiger partial charge in [-0.25, -0.2) is 4.39 Å². The molecule has 0 bridgehead atoms. The molecule has 1 aromatic rings. The summed E-state index contributed by atoms with van der Waals surface area (Å²) in [6, 6.07) is 1.90. The van der Waals surface area contributed by atoms with Crippen LogP contribution in [0, 0.1) is 15.9 Å². The molecule has 2 rings (SSSR count). The van der Waals surface area contributed by atoms with Crippen molar-refractivity contribution in [2.75, 3.05) is 18.1 Å². The quantitative estimate of drug-likeness (QED) is 0.679. The number of aliphatic hydroxyl groups excluding tert-OH is 1. The molecule has 1 heterocycles. The van der Waals surface area contributed by atoms with Crippen LogP contribution < -0.4 is 4.90 Å². The van der Waals surface area contributed by atoms with Crippen LogP contribution in [0.5, 0.6) is 0 Å². The number of nitro groups is 1. The molecule has 1 saturated heterocycles. The lowest BCUT2D eigenvalue weighted by molar-refractivity contribution is -0.384. The summed E-state index contributed by atoms with van der Waals surface area (Å²) < 4.78 is 13.3. The fourth-order valence-electron chi connectivity index (χ4n) is 2.24. The Morgan fingerprint density at radius 2 is 2.33 bits per heavy atom. The lowest BCUT2D eigenvalue weighted by Gasteiger charge is -2.25. The number of rotatable bonds is 3. The Hall–Kier alpha value is -1.40. The minimum absolute atomic E-state index is 0.0911. The summed E-state index contributed by atoms with van der Waals surface area (Å²) in [5, 5.41) is 20.0. The highest BCUT2D eigenvalue weighted by Crippen LogP contribution is 2.36. The maximum Gasteiger partial charge on any atom is 0.295 e. The van der Waals surface area contributed by atoms with Crippen LogP contribution >= 0.6 is 11.6 Å². The van der Waals surface area contributed by atoms with Crippen molar-refractivity contribution in [1.29, 1.82) is 0 Å². The normalized spacial score (nSPS) is 19.3. The zero-order chi connectivity index (χ0) is 13.3. The SMILES string of the molecule is O=[N+]([O-])c1cc(F)c(Cl)cc1N1CCCC1CO. The molecule has 1 atom stereocenters. The number of nitro benzene ring substituents is 1. The number of hydrogen-bond acceptors (Lipinski definition) is 4. The smallest absolute Gasteiger partial charge is 0.295 e. The molecule has 7 heteroatoms. The van der Waals surface area contributed by atoms with Gasteiger partial charge in [-0.15, -0.1) is 0 Å². The highest BCUT2D eigenvalue weighted by Gasteiger charge is 2.30. The first-order chi connectivity index (χ1) is 8.54. The van der Waals surface area contributed by atoms with Crippen molar-refractivity contribution in [2.45, 2.75) is 18.9 Å². The summed E-state index contributed by atoms with van der Waals surface area (Å²) >= 11 is 5.67. The number of halogens is 2. The first-order valence-electron chi connectivity index (χ1n) is 5.55. The molecule has 0 amide bonds. The van der Waals surface area contributed by atoms with Gasteiger partial charge in [0.25, 0.3) is 5.69 Å². The zero-order valence-electron chi connectivity index (χ0n) is 9.47. The molecular weight excluding hydrogens is 263 g/mol. The van der Waals surface area contributed by atoms with E-state index in [1.165, 1.54) is 6.07 Å². The monoisotopic (exact) mass is 274 g/mol. The van der Waals surface area contributed by atoms with E-state index in [1.54, 1.807) is 4.90 Å². The lowest BCUT2D eigenvalue weighted by Crippen LogP contribution is -2.32. The van der Waals surface area contributed by atoms with Gasteiger partial charge >= 0.3 is 0 Å². The van der Waals surface area contributed by atoms with Crippen molar-refractivity contribution in [2.24, 2.45) is 0 Å². The summed E-state index contributed by atoms with van der Waals surface area (Å²) in [5.74, 6) is -0.813. The van der Waals surface area contributed by atoms with Crippen molar-refractivity contribution < 1.29 is 14.4 Å². The van der Waals surface area contributed by atoms with Crippen LogP contribution in [0.1, 0.15) is 12.8 Å². The maximum absolute atomic E-state index is 13.3. The molecule has 0 radical (unpaired) electrons. The molecule has 18 heavy (non-hydrogen) atoms. The van der Waals surface area contributed by atoms with E-state index in [0.29, 0.717) is 6.54 Å². The van der Waals surface area contributed by atoms with E-state index >= 15 is 0 Å². The fraction of sp³-hybridized carbons (Fsp3) is 0.455. The minimum Gasteiger partial charge on any atom is -0.394 e. The summed E-state index contributed by atoms with van der Waals surface area (Å²) in [6.07, 6.45) is 1.58. The molecule has 1 aliphatic heterocycles. The lowest BCUT2D eigenvalue weighted by atomic mass is 10.2. The Bertz CT molecular complexity index is 484. The molecule has 1 aromatic carbocycles. The average molecular weight is 275 g/mol. The van der Waals surface area contributed by atoms with Gasteiger partial charge in [0.15, 0.2) is 0 Å². The molecular formula is C11H12ClFN2O3. The molecule has 1 aliphatic rings. The van der Waals surface area contributed by atoms with Crippen LogP contribution in [-0.4, -0.2) is 29.2 Å². The van der Waals surface area contributed by atoms with E-state index in [4.69, 9.17) is 11.6 Å². The number of nitrogens with zero attached hydrogens (tertiary/aromatic N) is 2. The Morgan fingerprint density at radius 3 is 2.94 bits per heavy atom. The number of hydrogen-bond donors (Lipinski definition) is 1. The third kappa shape index (κ3) is 2.26. The Balaban J connectivity index is 2.48. The molecule has 1 fully saturated rings. The van der Waals surface area contributed by atoms with Crippen LogP contribution in [-0.2, 0) is 0 Å². The molecule has 0 spiro atoms. The van der Waals surface area contributed by atoms with Crippen LogP contribution in [0.25, 0.3) is 0 Å². The van der Waals surface area contributed by atoms with Gasteiger partial charge in [-0.2, -0.15) is 0 Å². The molecule has 98 valence electrons. The predicted molar refractivity (Wildman–Crippen MR) is 65.5 cm³/mol. The van der Waals surface area contributed by atoms with Crippen molar-refractivity contribution in [3.05, 3.63) is 33.1 Å². The van der Waals surface area contributed by atoms with Crippen LogP contribution in [0.2, 0.25) is 5.02 Å². The van der Waals surface area contributed by atoms with Gasteiger partial charge in [0.1, 0.15) is 11.5 Å². The first kappa shape index (κ1) is 13.0. The highest BCUT2D eigenvalue weighted by molar-refractivity contribution is 6.31. The molecule has 0 saturated carbocycles. The van der Waals surface area contributed by atoms with Crippen molar-refractivity contribution in [1.82, 2.24) is 0 Å². The Kier molecular flexibility index (Phi) is 3.68. The average Bonchev–Trinajstić information content (AvgIpc) is 2.79. The summed E-state index contributed by atoms with van der Waals surface area (Å²) in [7, 11) is 0. The van der Waals surface area contributed by atoms with Gasteiger partial charge in [0, 0.05) is 6.54 Å². The van der Waals surface area contributed by atoms with Gasteiger partial charge in [-0.05, 0) is 18.9 Å². The predicted octanol–water partition coefficient (Wildman–Crippen LogP) is 2.35. The molecule has 5 nitrogen and oxygen atoms in total. The van der Waals surface area contributed by atoms with Gasteiger partial charge < -0.3 is 10.0 Å².